The van der Waals surface area contributed by atoms with E-state index in [9.17, 15) is 8.42 Å². The largest absolute Gasteiger partial charge is 0.486 e. The zero-order valence-electron chi connectivity index (χ0n) is 13.4. The van der Waals surface area contributed by atoms with Crippen LogP contribution in [0.1, 0.15) is 5.56 Å². The Balaban J connectivity index is 2.04. The topological polar surface area (TPSA) is 55.8 Å². The fourth-order valence-corrected chi connectivity index (χ4v) is 4.00. The molecule has 126 valence electrons. The highest BCUT2D eigenvalue weighted by Crippen LogP contribution is 2.34. The normalized spacial score (nSPS) is 13.4. The molecule has 0 amide bonds. The van der Waals surface area contributed by atoms with Crippen molar-refractivity contribution >= 4 is 15.7 Å². The second kappa shape index (κ2) is 6.57. The van der Waals surface area contributed by atoms with Gasteiger partial charge in [0.2, 0.25) is 0 Å². The van der Waals surface area contributed by atoms with Crippen LogP contribution in [-0.2, 0) is 10.0 Å². The Morgan fingerprint density at radius 2 is 1.88 bits per heavy atom. The summed E-state index contributed by atoms with van der Waals surface area (Å²) in [6.07, 6.45) is 1.57. The van der Waals surface area contributed by atoms with E-state index in [0.717, 1.165) is 5.56 Å². The first-order valence-corrected chi connectivity index (χ1v) is 9.06. The van der Waals surface area contributed by atoms with Gasteiger partial charge in [0.15, 0.2) is 11.5 Å². The maximum Gasteiger partial charge on any atom is 0.264 e. The first-order chi connectivity index (χ1) is 11.5. The monoisotopic (exact) mass is 345 g/mol. The summed E-state index contributed by atoms with van der Waals surface area (Å²) in [5.74, 6) is 1.01. The van der Waals surface area contributed by atoms with Crippen LogP contribution in [0.3, 0.4) is 0 Å². The molecule has 0 aromatic heterocycles. The number of aryl methyl sites for hydroxylation is 1. The van der Waals surface area contributed by atoms with E-state index in [1.165, 1.54) is 16.4 Å². The molecule has 2 aromatic carbocycles. The average molecular weight is 345 g/mol. The number of anilines is 1. The summed E-state index contributed by atoms with van der Waals surface area (Å²) in [4.78, 5) is 0.162. The molecule has 0 radical (unpaired) electrons. The van der Waals surface area contributed by atoms with Crippen LogP contribution in [0.2, 0.25) is 0 Å². The smallest absolute Gasteiger partial charge is 0.264 e. The van der Waals surface area contributed by atoms with Crippen molar-refractivity contribution in [2.24, 2.45) is 0 Å². The van der Waals surface area contributed by atoms with Crippen molar-refractivity contribution in [1.29, 1.82) is 0 Å². The van der Waals surface area contributed by atoms with Gasteiger partial charge in [0.25, 0.3) is 10.0 Å². The lowest BCUT2D eigenvalue weighted by molar-refractivity contribution is 0.171. The van der Waals surface area contributed by atoms with Gasteiger partial charge in [-0.1, -0.05) is 18.2 Å². The third-order valence-electron chi connectivity index (χ3n) is 3.69. The van der Waals surface area contributed by atoms with Gasteiger partial charge >= 0.3 is 0 Å². The number of hydrogen-bond acceptors (Lipinski definition) is 4. The minimum atomic E-state index is -3.74. The quantitative estimate of drug-likeness (QED) is 0.781. The predicted octanol–water partition coefficient (Wildman–Crippen LogP) is 3.15. The number of hydrogen-bond donors (Lipinski definition) is 0. The number of sulfonamides is 1. The zero-order chi connectivity index (χ0) is 17.2. The Labute approximate surface area is 142 Å². The molecule has 1 heterocycles. The molecule has 0 saturated heterocycles. The molecule has 6 heteroatoms. The molecule has 2 aromatic rings. The van der Waals surface area contributed by atoms with Crippen molar-refractivity contribution in [3.8, 4) is 11.5 Å². The molecule has 1 aliphatic heterocycles. The number of ether oxygens (including phenoxy) is 2. The van der Waals surface area contributed by atoms with Crippen molar-refractivity contribution in [2.45, 2.75) is 11.8 Å². The Kier molecular flexibility index (Phi) is 4.49. The molecular weight excluding hydrogens is 326 g/mol. The van der Waals surface area contributed by atoms with E-state index >= 15 is 0 Å². The maximum atomic E-state index is 13.1. The van der Waals surface area contributed by atoms with Gasteiger partial charge in [0, 0.05) is 6.07 Å². The molecule has 5 nitrogen and oxygen atoms in total. The summed E-state index contributed by atoms with van der Waals surface area (Å²) in [5.41, 5.74) is 1.59. The van der Waals surface area contributed by atoms with E-state index in [1.54, 1.807) is 18.2 Å². The summed E-state index contributed by atoms with van der Waals surface area (Å²) < 4.78 is 38.5. The standard InChI is InChI=1S/C18H19NO4S/c1-3-9-19(15-6-4-5-14(2)12-15)24(20,21)16-7-8-17-18(13-16)23-11-10-22-17/h3-8,12-13H,1,9-11H2,2H3. The van der Waals surface area contributed by atoms with Crippen LogP contribution in [-0.4, -0.2) is 28.2 Å². The maximum absolute atomic E-state index is 13.1. The molecule has 0 unspecified atom stereocenters. The molecule has 0 N–H and O–H groups in total. The molecule has 0 atom stereocenters. The Hall–Kier alpha value is -2.47. The minimum Gasteiger partial charge on any atom is -0.486 e. The van der Waals surface area contributed by atoms with Crippen molar-refractivity contribution < 1.29 is 17.9 Å². The van der Waals surface area contributed by atoms with Crippen molar-refractivity contribution in [3.05, 3.63) is 60.7 Å². The number of nitrogens with zero attached hydrogens (tertiary/aromatic N) is 1. The van der Waals surface area contributed by atoms with E-state index in [-0.39, 0.29) is 11.4 Å². The zero-order valence-corrected chi connectivity index (χ0v) is 14.3. The molecule has 0 spiro atoms. The average Bonchev–Trinajstić information content (AvgIpc) is 2.59. The lowest BCUT2D eigenvalue weighted by Gasteiger charge is -2.25. The van der Waals surface area contributed by atoms with Gasteiger partial charge in [-0.2, -0.15) is 0 Å². The van der Waals surface area contributed by atoms with Crippen LogP contribution in [0.25, 0.3) is 0 Å². The molecule has 24 heavy (non-hydrogen) atoms. The fourth-order valence-electron chi connectivity index (χ4n) is 2.55. The second-order valence-corrected chi connectivity index (χ2v) is 7.33. The van der Waals surface area contributed by atoms with E-state index in [0.29, 0.717) is 30.4 Å². The third kappa shape index (κ3) is 3.10. The van der Waals surface area contributed by atoms with Crippen LogP contribution in [0.15, 0.2) is 60.0 Å². The Bertz CT molecular complexity index is 861. The molecule has 1 aliphatic rings. The number of fused-ring (bicyclic) bond motifs is 1. The molecular formula is C18H19NO4S. The van der Waals surface area contributed by atoms with Crippen LogP contribution in [0.5, 0.6) is 11.5 Å². The molecule has 0 bridgehead atoms. The fraction of sp³-hybridized carbons (Fsp3) is 0.222. The molecule has 0 fully saturated rings. The summed E-state index contributed by atoms with van der Waals surface area (Å²) in [5, 5.41) is 0. The Morgan fingerprint density at radius 3 is 2.58 bits per heavy atom. The summed E-state index contributed by atoms with van der Waals surface area (Å²) >= 11 is 0. The first kappa shape index (κ1) is 16.4. The van der Waals surface area contributed by atoms with E-state index in [1.807, 2.05) is 25.1 Å². The molecule has 0 saturated carbocycles. The summed E-state index contributed by atoms with van der Waals surface area (Å²) in [7, 11) is -3.74. The lowest BCUT2D eigenvalue weighted by Crippen LogP contribution is -2.31. The van der Waals surface area contributed by atoms with Crippen LogP contribution in [0.4, 0.5) is 5.69 Å². The van der Waals surface area contributed by atoms with Crippen molar-refractivity contribution in [2.75, 3.05) is 24.1 Å². The van der Waals surface area contributed by atoms with E-state index in [2.05, 4.69) is 6.58 Å². The highest BCUT2D eigenvalue weighted by Gasteiger charge is 2.26. The summed E-state index contributed by atoms with van der Waals surface area (Å²) in [6.45, 7) is 6.65. The first-order valence-electron chi connectivity index (χ1n) is 7.62. The van der Waals surface area contributed by atoms with Crippen LogP contribution < -0.4 is 13.8 Å². The molecule has 0 aliphatic carbocycles. The van der Waals surface area contributed by atoms with Gasteiger partial charge in [0.05, 0.1) is 17.1 Å². The van der Waals surface area contributed by atoms with Crippen molar-refractivity contribution in [1.82, 2.24) is 0 Å². The highest BCUT2D eigenvalue weighted by molar-refractivity contribution is 7.92. The lowest BCUT2D eigenvalue weighted by atomic mass is 10.2. The van der Waals surface area contributed by atoms with Crippen LogP contribution >= 0.6 is 0 Å². The van der Waals surface area contributed by atoms with Gasteiger partial charge < -0.3 is 9.47 Å². The third-order valence-corrected chi connectivity index (χ3v) is 5.48. The van der Waals surface area contributed by atoms with Gasteiger partial charge in [-0.15, -0.1) is 6.58 Å². The Morgan fingerprint density at radius 1 is 1.12 bits per heavy atom. The van der Waals surface area contributed by atoms with E-state index in [4.69, 9.17) is 9.47 Å². The summed E-state index contributed by atoms with van der Waals surface area (Å²) in [6, 6.07) is 12.0. The number of rotatable bonds is 5. The van der Waals surface area contributed by atoms with Crippen molar-refractivity contribution in [3.63, 3.8) is 0 Å². The SMILES string of the molecule is C=CCN(c1cccc(C)c1)S(=O)(=O)c1ccc2c(c1)OCCO2. The van der Waals surface area contributed by atoms with Crippen LogP contribution in [0, 0.1) is 6.92 Å². The second-order valence-electron chi connectivity index (χ2n) is 5.47. The van der Waals surface area contributed by atoms with Gasteiger partial charge in [-0.25, -0.2) is 8.42 Å². The highest BCUT2D eigenvalue weighted by atomic mass is 32.2. The number of benzene rings is 2. The minimum absolute atomic E-state index is 0.162. The van der Waals surface area contributed by atoms with Gasteiger partial charge in [-0.3, -0.25) is 4.31 Å². The van der Waals surface area contributed by atoms with Gasteiger partial charge in [0.1, 0.15) is 13.2 Å². The molecule has 3 rings (SSSR count). The van der Waals surface area contributed by atoms with E-state index < -0.39 is 10.0 Å². The van der Waals surface area contributed by atoms with Gasteiger partial charge in [-0.05, 0) is 36.8 Å². The predicted molar refractivity (Wildman–Crippen MR) is 93.3 cm³/mol.